The molecule has 2 aromatic carbocycles. The molecule has 4 rings (SSSR count). The maximum absolute atomic E-state index is 12.6. The minimum atomic E-state index is 0.0349. The number of hydrogen-bond donors (Lipinski definition) is 0. The van der Waals surface area contributed by atoms with Crippen LogP contribution in [0.25, 0.3) is 16.7 Å². The van der Waals surface area contributed by atoms with Crippen LogP contribution in [0.15, 0.2) is 82.5 Å². The highest BCUT2D eigenvalue weighted by molar-refractivity contribution is 5.76. The highest BCUT2D eigenvalue weighted by atomic mass is 16.3. The van der Waals surface area contributed by atoms with Gasteiger partial charge in [0.15, 0.2) is 5.43 Å². The van der Waals surface area contributed by atoms with Crippen LogP contribution in [-0.4, -0.2) is 21.7 Å². The van der Waals surface area contributed by atoms with Crippen LogP contribution in [0.3, 0.4) is 0 Å². The molecule has 0 aliphatic heterocycles. The summed E-state index contributed by atoms with van der Waals surface area (Å²) in [4.78, 5) is 14.7. The molecule has 0 amide bonds. The van der Waals surface area contributed by atoms with Crippen molar-refractivity contribution in [2.75, 3.05) is 7.05 Å². The summed E-state index contributed by atoms with van der Waals surface area (Å²) in [6.45, 7) is 1.28. The molecule has 26 heavy (non-hydrogen) atoms. The van der Waals surface area contributed by atoms with E-state index in [1.54, 1.807) is 18.5 Å². The molecule has 0 fully saturated rings. The average Bonchev–Trinajstić information content (AvgIpc) is 3.20. The molecule has 0 saturated carbocycles. The molecule has 0 spiro atoms. The van der Waals surface area contributed by atoms with E-state index in [1.807, 2.05) is 54.3 Å². The molecule has 4 aromatic rings. The fraction of sp³-hybridized carbons (Fsp3) is 0.143. The van der Waals surface area contributed by atoms with Gasteiger partial charge >= 0.3 is 0 Å². The lowest BCUT2D eigenvalue weighted by atomic mass is 10.1. The number of fused-ring (bicyclic) bond motifs is 1. The zero-order valence-electron chi connectivity index (χ0n) is 14.5. The zero-order chi connectivity index (χ0) is 17.9. The Morgan fingerprint density at radius 2 is 1.85 bits per heavy atom. The van der Waals surface area contributed by atoms with Gasteiger partial charge in [-0.3, -0.25) is 9.69 Å². The van der Waals surface area contributed by atoms with Crippen molar-refractivity contribution in [3.63, 3.8) is 0 Å². The lowest BCUT2D eigenvalue weighted by Crippen LogP contribution is -2.22. The van der Waals surface area contributed by atoms with Gasteiger partial charge in [0.05, 0.1) is 17.3 Å². The summed E-state index contributed by atoms with van der Waals surface area (Å²) in [6, 6.07) is 17.5. The van der Waals surface area contributed by atoms with Crippen molar-refractivity contribution < 1.29 is 4.42 Å². The lowest BCUT2D eigenvalue weighted by molar-refractivity contribution is 0.315. The minimum Gasteiger partial charge on any atom is -0.464 e. The van der Waals surface area contributed by atoms with Crippen LogP contribution < -0.4 is 5.43 Å². The van der Waals surface area contributed by atoms with E-state index >= 15 is 0 Å². The van der Waals surface area contributed by atoms with Crippen molar-refractivity contribution in [2.45, 2.75) is 13.1 Å². The van der Waals surface area contributed by atoms with Gasteiger partial charge in [0.2, 0.25) is 0 Å². The average molecular weight is 345 g/mol. The summed E-state index contributed by atoms with van der Waals surface area (Å²) < 4.78 is 7.42. The summed E-state index contributed by atoms with van der Waals surface area (Å²) in [5.41, 5.74) is 3.52. The van der Waals surface area contributed by atoms with Gasteiger partial charge in [-0.15, -0.1) is 0 Å². The predicted octanol–water partition coefficient (Wildman–Crippen LogP) is 3.61. The predicted molar refractivity (Wildman–Crippen MR) is 101 cm³/mol. The standard InChI is InChI=1S/C21H19N3O2/c1-23(13-16-7-9-18(10-8-16)24-12-4-11-22-24)14-17-15-26-20-6-3-2-5-19(20)21(17)25/h2-12,15H,13-14H2,1H3. The fourth-order valence-electron chi connectivity index (χ4n) is 3.06. The van der Waals surface area contributed by atoms with Crippen LogP contribution in [0, 0.1) is 0 Å². The number of para-hydroxylation sites is 1. The van der Waals surface area contributed by atoms with Crippen LogP contribution in [-0.2, 0) is 13.1 Å². The first-order valence-electron chi connectivity index (χ1n) is 8.47. The monoisotopic (exact) mass is 345 g/mol. The van der Waals surface area contributed by atoms with Gasteiger partial charge in [0, 0.05) is 31.0 Å². The maximum Gasteiger partial charge on any atom is 0.197 e. The van der Waals surface area contributed by atoms with Crippen molar-refractivity contribution in [2.24, 2.45) is 0 Å². The fourth-order valence-corrected chi connectivity index (χ4v) is 3.06. The second-order valence-corrected chi connectivity index (χ2v) is 6.38. The van der Waals surface area contributed by atoms with Crippen molar-refractivity contribution in [3.8, 4) is 5.69 Å². The topological polar surface area (TPSA) is 51.3 Å². The molecular weight excluding hydrogens is 326 g/mol. The number of hydrogen-bond acceptors (Lipinski definition) is 4. The second kappa shape index (κ2) is 6.98. The lowest BCUT2D eigenvalue weighted by Gasteiger charge is -2.16. The molecule has 130 valence electrons. The van der Waals surface area contributed by atoms with Crippen molar-refractivity contribution >= 4 is 11.0 Å². The molecule has 5 heteroatoms. The van der Waals surface area contributed by atoms with Gasteiger partial charge in [-0.1, -0.05) is 24.3 Å². The quantitative estimate of drug-likeness (QED) is 0.554. The molecule has 2 aromatic heterocycles. The molecule has 0 aliphatic rings. The van der Waals surface area contributed by atoms with Gasteiger partial charge < -0.3 is 4.42 Å². The molecule has 0 atom stereocenters. The highest BCUT2D eigenvalue weighted by Crippen LogP contribution is 2.14. The van der Waals surface area contributed by atoms with E-state index in [1.165, 1.54) is 5.56 Å². The number of aromatic nitrogens is 2. The molecule has 0 unspecified atom stereocenters. The third kappa shape index (κ3) is 3.30. The summed E-state index contributed by atoms with van der Waals surface area (Å²) in [7, 11) is 2.00. The van der Waals surface area contributed by atoms with Crippen molar-refractivity contribution in [3.05, 3.63) is 94.6 Å². The van der Waals surface area contributed by atoms with Crippen LogP contribution in [0.4, 0.5) is 0 Å². The number of benzene rings is 2. The largest absolute Gasteiger partial charge is 0.464 e. The Bertz CT molecular complexity index is 1070. The van der Waals surface area contributed by atoms with E-state index in [4.69, 9.17) is 4.42 Å². The van der Waals surface area contributed by atoms with Gasteiger partial charge in [0.1, 0.15) is 5.58 Å². The Kier molecular flexibility index (Phi) is 4.37. The summed E-state index contributed by atoms with van der Waals surface area (Å²) in [6.07, 6.45) is 5.25. The SMILES string of the molecule is CN(Cc1ccc(-n2cccn2)cc1)Cc1coc2ccccc2c1=O. The molecular formula is C21H19N3O2. The Morgan fingerprint density at radius 1 is 1.04 bits per heavy atom. The molecule has 0 aliphatic carbocycles. The van der Waals surface area contributed by atoms with Gasteiger partial charge in [-0.05, 0) is 42.9 Å². The van der Waals surface area contributed by atoms with Gasteiger partial charge in [-0.2, -0.15) is 5.10 Å². The maximum atomic E-state index is 12.6. The Labute approximate surface area is 151 Å². The van der Waals surface area contributed by atoms with E-state index in [-0.39, 0.29) is 5.43 Å². The normalized spacial score (nSPS) is 11.3. The van der Waals surface area contributed by atoms with Crippen LogP contribution in [0.5, 0.6) is 0 Å². The first kappa shape index (κ1) is 16.3. The summed E-state index contributed by atoms with van der Waals surface area (Å²) in [5.74, 6) is 0. The summed E-state index contributed by atoms with van der Waals surface area (Å²) in [5, 5.41) is 4.86. The summed E-state index contributed by atoms with van der Waals surface area (Å²) >= 11 is 0. The highest BCUT2D eigenvalue weighted by Gasteiger charge is 2.09. The molecule has 0 radical (unpaired) electrons. The van der Waals surface area contributed by atoms with E-state index < -0.39 is 0 Å². The third-order valence-electron chi connectivity index (χ3n) is 4.35. The molecule has 5 nitrogen and oxygen atoms in total. The first-order chi connectivity index (χ1) is 12.7. The first-order valence-corrected chi connectivity index (χ1v) is 8.47. The molecule has 0 bridgehead atoms. The molecule has 2 heterocycles. The van der Waals surface area contributed by atoms with E-state index in [2.05, 4.69) is 22.1 Å². The van der Waals surface area contributed by atoms with Crippen LogP contribution >= 0.6 is 0 Å². The van der Waals surface area contributed by atoms with Crippen LogP contribution in [0.2, 0.25) is 0 Å². The molecule has 0 N–H and O–H groups in total. The third-order valence-corrected chi connectivity index (χ3v) is 4.35. The second-order valence-electron chi connectivity index (χ2n) is 6.38. The Morgan fingerprint density at radius 3 is 2.62 bits per heavy atom. The minimum absolute atomic E-state index is 0.0349. The van der Waals surface area contributed by atoms with Crippen molar-refractivity contribution in [1.29, 1.82) is 0 Å². The zero-order valence-corrected chi connectivity index (χ0v) is 14.5. The molecule has 0 saturated heterocycles. The van der Waals surface area contributed by atoms with E-state index in [0.717, 1.165) is 12.2 Å². The Hall–Kier alpha value is -3.18. The van der Waals surface area contributed by atoms with E-state index in [0.29, 0.717) is 23.1 Å². The Balaban J connectivity index is 1.48. The van der Waals surface area contributed by atoms with Gasteiger partial charge in [-0.25, -0.2) is 4.68 Å². The van der Waals surface area contributed by atoms with E-state index in [9.17, 15) is 4.79 Å². The van der Waals surface area contributed by atoms with Crippen molar-refractivity contribution in [1.82, 2.24) is 14.7 Å². The number of rotatable bonds is 5. The van der Waals surface area contributed by atoms with Crippen LogP contribution in [0.1, 0.15) is 11.1 Å². The smallest absolute Gasteiger partial charge is 0.197 e. The van der Waals surface area contributed by atoms with Gasteiger partial charge in [0.25, 0.3) is 0 Å². The number of nitrogens with zero attached hydrogens (tertiary/aromatic N) is 3.